The van der Waals surface area contributed by atoms with Gasteiger partial charge >= 0.3 is 5.97 Å². The SMILES string of the molecule is O=C(COC(=O)/C=C/c1cc(Cl)c2c(c1)OCO2)NC[C@@H]1CCCO1. The van der Waals surface area contributed by atoms with Crippen LogP contribution in [0.1, 0.15) is 18.4 Å². The molecule has 0 aliphatic carbocycles. The largest absolute Gasteiger partial charge is 0.454 e. The van der Waals surface area contributed by atoms with Crippen molar-refractivity contribution in [2.75, 3.05) is 26.6 Å². The Kier molecular flexibility index (Phi) is 5.78. The van der Waals surface area contributed by atoms with E-state index in [9.17, 15) is 9.59 Å². The zero-order chi connectivity index (χ0) is 17.6. The lowest BCUT2D eigenvalue weighted by atomic mass is 10.2. The number of halogens is 1. The Balaban J connectivity index is 1.43. The number of amides is 1. The molecule has 0 radical (unpaired) electrons. The number of benzene rings is 1. The van der Waals surface area contributed by atoms with Crippen LogP contribution in [-0.2, 0) is 19.1 Å². The van der Waals surface area contributed by atoms with Crippen LogP contribution in [0.25, 0.3) is 6.08 Å². The molecular formula is C17H18ClNO6. The van der Waals surface area contributed by atoms with E-state index in [1.54, 1.807) is 12.1 Å². The van der Waals surface area contributed by atoms with Crippen molar-refractivity contribution in [3.63, 3.8) is 0 Å². The van der Waals surface area contributed by atoms with Gasteiger partial charge in [-0.25, -0.2) is 4.79 Å². The predicted molar refractivity (Wildman–Crippen MR) is 89.6 cm³/mol. The van der Waals surface area contributed by atoms with Crippen LogP contribution in [0.5, 0.6) is 11.5 Å². The number of nitrogens with one attached hydrogen (secondary N) is 1. The molecule has 1 saturated heterocycles. The minimum atomic E-state index is -0.624. The summed E-state index contributed by atoms with van der Waals surface area (Å²) in [5, 5.41) is 3.08. The molecule has 3 rings (SSSR count). The number of hydrogen-bond acceptors (Lipinski definition) is 6. The molecule has 25 heavy (non-hydrogen) atoms. The zero-order valence-corrected chi connectivity index (χ0v) is 14.2. The standard InChI is InChI=1S/C17H18ClNO6/c18-13-6-11(7-14-17(13)25-10-24-14)3-4-16(21)23-9-15(20)19-8-12-2-1-5-22-12/h3-4,6-7,12H,1-2,5,8-10H2,(H,19,20)/b4-3+/t12-/m0/s1. The van der Waals surface area contributed by atoms with E-state index < -0.39 is 5.97 Å². The fourth-order valence-corrected chi connectivity index (χ4v) is 2.79. The Hall–Kier alpha value is -2.25. The van der Waals surface area contributed by atoms with Crippen LogP contribution in [0.15, 0.2) is 18.2 Å². The first-order valence-corrected chi connectivity index (χ1v) is 8.32. The summed E-state index contributed by atoms with van der Waals surface area (Å²) < 4.78 is 20.8. The second-order valence-electron chi connectivity index (χ2n) is 5.62. The molecule has 2 aliphatic heterocycles. The van der Waals surface area contributed by atoms with Gasteiger partial charge in [-0.1, -0.05) is 11.6 Å². The van der Waals surface area contributed by atoms with Gasteiger partial charge in [0.1, 0.15) is 0 Å². The number of carbonyl (C=O) groups excluding carboxylic acids is 2. The summed E-state index contributed by atoms with van der Waals surface area (Å²) in [6.07, 6.45) is 4.74. The van der Waals surface area contributed by atoms with Crippen molar-refractivity contribution in [2.24, 2.45) is 0 Å². The predicted octanol–water partition coefficient (Wildman–Crippen LogP) is 1.92. The molecule has 2 aliphatic rings. The Morgan fingerprint density at radius 2 is 2.24 bits per heavy atom. The van der Waals surface area contributed by atoms with Crippen LogP contribution in [0, 0.1) is 0 Å². The zero-order valence-electron chi connectivity index (χ0n) is 13.5. The number of fused-ring (bicyclic) bond motifs is 1. The molecule has 1 fully saturated rings. The smallest absolute Gasteiger partial charge is 0.331 e. The highest BCUT2D eigenvalue weighted by atomic mass is 35.5. The van der Waals surface area contributed by atoms with Gasteiger partial charge in [-0.3, -0.25) is 4.79 Å². The van der Waals surface area contributed by atoms with Crippen LogP contribution in [0.4, 0.5) is 0 Å². The first-order chi connectivity index (χ1) is 12.1. The van der Waals surface area contributed by atoms with Crippen LogP contribution in [0.2, 0.25) is 5.02 Å². The van der Waals surface area contributed by atoms with Crippen LogP contribution < -0.4 is 14.8 Å². The summed E-state index contributed by atoms with van der Waals surface area (Å²) >= 11 is 6.06. The van der Waals surface area contributed by atoms with E-state index in [4.69, 9.17) is 30.5 Å². The average Bonchev–Trinajstić information content (AvgIpc) is 3.27. The molecule has 1 aromatic rings. The third kappa shape index (κ3) is 4.87. The van der Waals surface area contributed by atoms with Crippen molar-refractivity contribution in [1.29, 1.82) is 0 Å². The van der Waals surface area contributed by atoms with Crippen LogP contribution >= 0.6 is 11.6 Å². The maximum atomic E-state index is 11.7. The number of ether oxygens (including phenoxy) is 4. The first-order valence-electron chi connectivity index (χ1n) is 7.94. The van der Waals surface area contributed by atoms with E-state index >= 15 is 0 Å². The normalized spacial score (nSPS) is 18.5. The van der Waals surface area contributed by atoms with Crippen molar-refractivity contribution < 1.29 is 28.5 Å². The van der Waals surface area contributed by atoms with Crippen molar-refractivity contribution in [1.82, 2.24) is 5.32 Å². The molecule has 0 saturated carbocycles. The van der Waals surface area contributed by atoms with E-state index in [-0.39, 0.29) is 25.4 Å². The number of esters is 1. The van der Waals surface area contributed by atoms with Crippen molar-refractivity contribution in [3.05, 3.63) is 28.8 Å². The average molecular weight is 368 g/mol. The van der Waals surface area contributed by atoms with Crippen LogP contribution in [0.3, 0.4) is 0 Å². The minimum Gasteiger partial charge on any atom is -0.454 e. The molecule has 0 aromatic heterocycles. The highest BCUT2D eigenvalue weighted by Gasteiger charge is 2.18. The van der Waals surface area contributed by atoms with E-state index in [0.29, 0.717) is 28.6 Å². The van der Waals surface area contributed by atoms with Gasteiger partial charge in [0.05, 0.1) is 11.1 Å². The highest BCUT2D eigenvalue weighted by Crippen LogP contribution is 2.40. The molecule has 0 unspecified atom stereocenters. The summed E-state index contributed by atoms with van der Waals surface area (Å²) in [5.74, 6) is 0.0303. The van der Waals surface area contributed by atoms with Gasteiger partial charge in [-0.2, -0.15) is 0 Å². The second kappa shape index (κ2) is 8.22. The van der Waals surface area contributed by atoms with Gasteiger partial charge in [-0.15, -0.1) is 0 Å². The third-order valence-corrected chi connectivity index (χ3v) is 4.04. The number of carbonyl (C=O) groups is 2. The lowest BCUT2D eigenvalue weighted by Crippen LogP contribution is -2.34. The Morgan fingerprint density at radius 1 is 1.36 bits per heavy atom. The molecule has 0 bridgehead atoms. The lowest BCUT2D eigenvalue weighted by molar-refractivity contribution is -0.143. The Bertz CT molecular complexity index is 684. The van der Waals surface area contributed by atoms with Gasteiger partial charge < -0.3 is 24.3 Å². The quantitative estimate of drug-likeness (QED) is 0.611. The summed E-state index contributed by atoms with van der Waals surface area (Å²) in [6.45, 7) is 0.940. The minimum absolute atomic E-state index is 0.0512. The Morgan fingerprint density at radius 3 is 3.04 bits per heavy atom. The van der Waals surface area contributed by atoms with E-state index in [1.165, 1.54) is 12.2 Å². The molecule has 2 heterocycles. The molecular weight excluding hydrogens is 350 g/mol. The molecule has 0 spiro atoms. The van der Waals surface area contributed by atoms with E-state index in [0.717, 1.165) is 19.4 Å². The van der Waals surface area contributed by atoms with Crippen LogP contribution in [-0.4, -0.2) is 44.5 Å². The maximum Gasteiger partial charge on any atom is 0.331 e. The van der Waals surface area contributed by atoms with E-state index in [1.807, 2.05) is 0 Å². The maximum absolute atomic E-state index is 11.7. The monoisotopic (exact) mass is 367 g/mol. The molecule has 1 aromatic carbocycles. The van der Waals surface area contributed by atoms with Crippen molar-refractivity contribution in [3.8, 4) is 11.5 Å². The highest BCUT2D eigenvalue weighted by molar-refractivity contribution is 6.32. The lowest BCUT2D eigenvalue weighted by Gasteiger charge is -2.10. The van der Waals surface area contributed by atoms with Gasteiger partial charge in [0, 0.05) is 19.2 Å². The fourth-order valence-electron chi connectivity index (χ4n) is 2.52. The van der Waals surface area contributed by atoms with Gasteiger partial charge in [0.2, 0.25) is 6.79 Å². The van der Waals surface area contributed by atoms with Crippen molar-refractivity contribution in [2.45, 2.75) is 18.9 Å². The number of hydrogen-bond donors (Lipinski definition) is 1. The topological polar surface area (TPSA) is 83.1 Å². The summed E-state index contributed by atoms with van der Waals surface area (Å²) in [7, 11) is 0. The summed E-state index contributed by atoms with van der Waals surface area (Å²) in [5.41, 5.74) is 0.661. The Labute approximate surface area is 149 Å². The van der Waals surface area contributed by atoms with Gasteiger partial charge in [-0.05, 0) is 36.6 Å². The second-order valence-corrected chi connectivity index (χ2v) is 6.02. The molecule has 1 N–H and O–H groups in total. The van der Waals surface area contributed by atoms with Gasteiger partial charge in [0.15, 0.2) is 18.1 Å². The first kappa shape index (κ1) is 17.6. The molecule has 1 atom stereocenters. The summed E-state index contributed by atoms with van der Waals surface area (Å²) in [6, 6.07) is 3.35. The molecule has 8 heteroatoms. The molecule has 1 amide bonds. The fraction of sp³-hybridized carbons (Fsp3) is 0.412. The molecule has 134 valence electrons. The summed E-state index contributed by atoms with van der Waals surface area (Å²) in [4.78, 5) is 23.3. The number of rotatable bonds is 6. The van der Waals surface area contributed by atoms with Crippen molar-refractivity contribution >= 4 is 29.6 Å². The molecule has 7 nitrogen and oxygen atoms in total. The van der Waals surface area contributed by atoms with E-state index in [2.05, 4.69) is 5.32 Å². The van der Waals surface area contributed by atoms with Gasteiger partial charge in [0.25, 0.3) is 5.91 Å². The third-order valence-electron chi connectivity index (χ3n) is 3.76.